The minimum Gasteiger partial charge on any atom is -0.487 e. The third-order valence-corrected chi connectivity index (χ3v) is 5.34. The number of hydrogen-bond donors (Lipinski definition) is 0. The summed E-state index contributed by atoms with van der Waals surface area (Å²) < 4.78 is 32.8. The molecular formula is C15H14N2O5S. The summed E-state index contributed by atoms with van der Waals surface area (Å²) >= 11 is 0. The quantitative estimate of drug-likeness (QED) is 0.635. The highest BCUT2D eigenvalue weighted by Gasteiger charge is 2.36. The average Bonchev–Trinajstić information content (AvgIpc) is 2.54. The zero-order chi connectivity index (χ0) is 16.6. The molecule has 2 aromatic carbocycles. The molecule has 0 saturated carbocycles. The van der Waals surface area contributed by atoms with E-state index in [1.165, 1.54) is 28.6 Å². The zero-order valence-electron chi connectivity index (χ0n) is 12.2. The molecule has 0 saturated heterocycles. The molecule has 0 aliphatic carbocycles. The molecule has 0 fully saturated rings. The molecule has 7 nitrogen and oxygen atoms in total. The number of hydrogen-bond acceptors (Lipinski definition) is 5. The molecule has 23 heavy (non-hydrogen) atoms. The van der Waals surface area contributed by atoms with E-state index < -0.39 is 20.6 Å². The monoisotopic (exact) mass is 334 g/mol. The van der Waals surface area contributed by atoms with Crippen LogP contribution in [0.1, 0.15) is 6.92 Å². The Morgan fingerprint density at radius 1 is 1.17 bits per heavy atom. The smallest absolute Gasteiger partial charge is 0.289 e. The molecule has 1 aliphatic heterocycles. The summed E-state index contributed by atoms with van der Waals surface area (Å²) in [5.74, 6) is 0.438. The van der Waals surface area contributed by atoms with E-state index in [9.17, 15) is 18.5 Å². The first-order chi connectivity index (χ1) is 10.9. The van der Waals surface area contributed by atoms with Crippen LogP contribution in [0.5, 0.6) is 5.75 Å². The van der Waals surface area contributed by atoms with Crippen LogP contribution in [0.4, 0.5) is 11.4 Å². The summed E-state index contributed by atoms with van der Waals surface area (Å²) in [6.07, 6.45) is -0.359. The Hall–Kier alpha value is -2.61. The first-order valence-corrected chi connectivity index (χ1v) is 8.37. The minimum absolute atomic E-state index is 0.0887. The van der Waals surface area contributed by atoms with Gasteiger partial charge < -0.3 is 4.74 Å². The number of nitrogens with zero attached hydrogens (tertiary/aromatic N) is 2. The fraction of sp³-hybridized carbons (Fsp3) is 0.200. The first kappa shape index (κ1) is 15.3. The normalized spacial score (nSPS) is 17.3. The Balaban J connectivity index is 2.17. The largest absolute Gasteiger partial charge is 0.487 e. The van der Waals surface area contributed by atoms with Gasteiger partial charge >= 0.3 is 0 Å². The molecule has 1 heterocycles. The molecule has 2 aromatic rings. The lowest BCUT2D eigenvalue weighted by molar-refractivity contribution is -0.387. The summed E-state index contributed by atoms with van der Waals surface area (Å²) in [4.78, 5) is 10.1. The van der Waals surface area contributed by atoms with Crippen LogP contribution in [-0.4, -0.2) is 26.0 Å². The second kappa shape index (κ2) is 5.54. The molecule has 0 amide bonds. The predicted molar refractivity (Wildman–Crippen MR) is 84.2 cm³/mol. The Kier molecular flexibility index (Phi) is 3.69. The molecule has 0 unspecified atom stereocenters. The van der Waals surface area contributed by atoms with E-state index in [2.05, 4.69) is 0 Å². The van der Waals surface area contributed by atoms with Crippen LogP contribution in [0.25, 0.3) is 0 Å². The number of ether oxygens (including phenoxy) is 1. The molecule has 0 aromatic heterocycles. The van der Waals surface area contributed by atoms with E-state index in [4.69, 9.17) is 4.74 Å². The fourth-order valence-corrected chi connectivity index (χ4v) is 4.23. The Labute approximate surface area is 133 Å². The topological polar surface area (TPSA) is 89.8 Å². The van der Waals surface area contributed by atoms with Crippen molar-refractivity contribution >= 4 is 21.4 Å². The van der Waals surface area contributed by atoms with Crippen LogP contribution in [-0.2, 0) is 10.0 Å². The molecular weight excluding hydrogens is 320 g/mol. The number of sulfonamides is 1. The fourth-order valence-electron chi connectivity index (χ4n) is 2.52. The molecule has 0 radical (unpaired) electrons. The lowest BCUT2D eigenvalue weighted by Gasteiger charge is -2.33. The van der Waals surface area contributed by atoms with E-state index in [1.807, 2.05) is 0 Å². The number of anilines is 1. The molecule has 120 valence electrons. The number of rotatable bonds is 3. The molecule has 1 atom stereocenters. The van der Waals surface area contributed by atoms with Gasteiger partial charge in [0.05, 0.1) is 17.2 Å². The van der Waals surface area contributed by atoms with Gasteiger partial charge in [-0.2, -0.15) is 0 Å². The second-order valence-corrected chi connectivity index (χ2v) is 6.99. The van der Waals surface area contributed by atoms with Gasteiger partial charge in [-0.1, -0.05) is 24.3 Å². The molecule has 8 heteroatoms. The van der Waals surface area contributed by atoms with Crippen LogP contribution < -0.4 is 9.04 Å². The third-order valence-electron chi connectivity index (χ3n) is 3.52. The van der Waals surface area contributed by atoms with E-state index in [-0.39, 0.29) is 17.5 Å². The Bertz CT molecular complexity index is 866. The van der Waals surface area contributed by atoms with Crippen LogP contribution in [0.15, 0.2) is 53.4 Å². The highest BCUT2D eigenvalue weighted by atomic mass is 32.2. The van der Waals surface area contributed by atoms with Crippen molar-refractivity contribution < 1.29 is 18.1 Å². The lowest BCUT2D eigenvalue weighted by atomic mass is 10.2. The summed E-state index contributed by atoms with van der Waals surface area (Å²) in [5.41, 5.74) is -0.0622. The van der Waals surface area contributed by atoms with Gasteiger partial charge in [0.2, 0.25) is 0 Å². The average molecular weight is 334 g/mol. The molecule has 0 N–H and O–H groups in total. The van der Waals surface area contributed by atoms with E-state index in [0.29, 0.717) is 11.4 Å². The third kappa shape index (κ3) is 2.61. The highest BCUT2D eigenvalue weighted by Crippen LogP contribution is 2.38. The molecule has 1 aliphatic rings. The SMILES string of the molecule is C[C@H]1CN(S(=O)(=O)c2ccccc2[N+](=O)[O-])c2ccccc2O1. The summed E-state index contributed by atoms with van der Waals surface area (Å²) in [7, 11) is -4.07. The van der Waals surface area contributed by atoms with Crippen molar-refractivity contribution in [2.45, 2.75) is 17.9 Å². The van der Waals surface area contributed by atoms with Crippen molar-refractivity contribution in [3.05, 3.63) is 58.6 Å². The lowest BCUT2D eigenvalue weighted by Crippen LogP contribution is -2.42. The molecule has 0 spiro atoms. The van der Waals surface area contributed by atoms with E-state index >= 15 is 0 Å². The first-order valence-electron chi connectivity index (χ1n) is 6.93. The van der Waals surface area contributed by atoms with Gasteiger partial charge in [0.25, 0.3) is 15.7 Å². The van der Waals surface area contributed by atoms with Gasteiger partial charge in [-0.15, -0.1) is 0 Å². The van der Waals surface area contributed by atoms with Gasteiger partial charge in [-0.05, 0) is 25.1 Å². The van der Waals surface area contributed by atoms with Crippen LogP contribution >= 0.6 is 0 Å². The number of nitro benzene ring substituents is 1. The van der Waals surface area contributed by atoms with Crippen molar-refractivity contribution in [1.29, 1.82) is 0 Å². The van der Waals surface area contributed by atoms with Crippen molar-refractivity contribution in [3.8, 4) is 5.75 Å². The maximum Gasteiger partial charge on any atom is 0.289 e. The standard InChI is InChI=1S/C15H14N2O5S/c1-11-10-16(12-6-2-4-8-14(12)22-11)23(20,21)15-9-5-3-7-13(15)17(18)19/h2-9,11H,10H2,1H3/t11-/m0/s1. The Morgan fingerprint density at radius 3 is 2.57 bits per heavy atom. The van der Waals surface area contributed by atoms with Gasteiger partial charge in [-0.25, -0.2) is 8.42 Å². The van der Waals surface area contributed by atoms with Crippen molar-refractivity contribution in [2.75, 3.05) is 10.8 Å². The van der Waals surface area contributed by atoms with Crippen LogP contribution in [0, 0.1) is 10.1 Å². The van der Waals surface area contributed by atoms with Crippen LogP contribution in [0.3, 0.4) is 0 Å². The minimum atomic E-state index is -4.07. The summed E-state index contributed by atoms with van der Waals surface area (Å²) in [6.45, 7) is 1.84. The van der Waals surface area contributed by atoms with Gasteiger partial charge in [0, 0.05) is 6.07 Å². The van der Waals surface area contributed by atoms with E-state index in [1.54, 1.807) is 31.2 Å². The van der Waals surface area contributed by atoms with Crippen molar-refractivity contribution in [1.82, 2.24) is 0 Å². The van der Waals surface area contributed by atoms with Crippen molar-refractivity contribution in [2.24, 2.45) is 0 Å². The van der Waals surface area contributed by atoms with Gasteiger partial charge in [0.15, 0.2) is 4.90 Å². The maximum atomic E-state index is 13.0. The molecule has 0 bridgehead atoms. The van der Waals surface area contributed by atoms with Crippen LogP contribution in [0.2, 0.25) is 0 Å². The second-order valence-electron chi connectivity index (χ2n) is 5.16. The Morgan fingerprint density at radius 2 is 1.83 bits per heavy atom. The number of benzene rings is 2. The number of para-hydroxylation sites is 3. The van der Waals surface area contributed by atoms with Crippen molar-refractivity contribution in [3.63, 3.8) is 0 Å². The highest BCUT2D eigenvalue weighted by molar-refractivity contribution is 7.93. The zero-order valence-corrected chi connectivity index (χ0v) is 13.1. The number of fused-ring (bicyclic) bond motifs is 1. The van der Waals surface area contributed by atoms with E-state index in [0.717, 1.165) is 0 Å². The molecule has 3 rings (SSSR count). The summed E-state index contributed by atoms with van der Waals surface area (Å²) in [6, 6.07) is 12.1. The summed E-state index contributed by atoms with van der Waals surface area (Å²) in [5, 5.41) is 11.2. The number of nitro groups is 1. The van der Waals surface area contributed by atoms with Gasteiger partial charge in [-0.3, -0.25) is 14.4 Å². The predicted octanol–water partition coefficient (Wildman–Crippen LogP) is 2.57. The maximum absolute atomic E-state index is 13.0. The van der Waals surface area contributed by atoms with Gasteiger partial charge in [0.1, 0.15) is 11.9 Å².